The van der Waals surface area contributed by atoms with Gasteiger partial charge in [-0.05, 0) is 45.8 Å². The number of aromatic amines is 1. The van der Waals surface area contributed by atoms with Crippen molar-refractivity contribution in [3.8, 4) is 0 Å². The van der Waals surface area contributed by atoms with Gasteiger partial charge in [0.15, 0.2) is 0 Å². The summed E-state index contributed by atoms with van der Waals surface area (Å²) in [5, 5.41) is -0.0341. The summed E-state index contributed by atoms with van der Waals surface area (Å²) in [5.74, 6) is -1.57. The minimum Gasteiger partial charge on any atom is -0.356 e. The van der Waals surface area contributed by atoms with Crippen molar-refractivity contribution in [1.29, 1.82) is 0 Å². The zero-order valence-corrected chi connectivity index (χ0v) is 13.3. The molecule has 0 spiro atoms. The molecule has 0 saturated heterocycles. The lowest BCUT2D eigenvalue weighted by molar-refractivity contribution is -0.117. The summed E-state index contributed by atoms with van der Waals surface area (Å²) in [4.78, 5) is 25.9. The second kappa shape index (κ2) is 7.24. The minimum atomic E-state index is -0.542. The Morgan fingerprint density at radius 3 is 2.68 bits per heavy atom. The van der Waals surface area contributed by atoms with Crippen LogP contribution in [0.3, 0.4) is 0 Å². The number of amides is 2. The normalized spacial score (nSPS) is 10.7. The Hall–Kier alpha value is -2.12. The van der Waals surface area contributed by atoms with Crippen LogP contribution in [0.25, 0.3) is 6.08 Å². The first-order chi connectivity index (χ1) is 10.5. The number of hydrazine groups is 1. The van der Waals surface area contributed by atoms with Crippen molar-refractivity contribution in [1.82, 2.24) is 15.8 Å². The fourth-order valence-electron chi connectivity index (χ4n) is 1.51. The van der Waals surface area contributed by atoms with Crippen LogP contribution in [0.5, 0.6) is 0 Å². The smallest absolute Gasteiger partial charge is 0.286 e. The molecular formula is C14H10BrClFN3O2. The van der Waals surface area contributed by atoms with Gasteiger partial charge in [0, 0.05) is 16.7 Å². The second-order valence-electron chi connectivity index (χ2n) is 4.18. The molecule has 0 saturated carbocycles. The van der Waals surface area contributed by atoms with Gasteiger partial charge in [0.2, 0.25) is 0 Å². The molecule has 1 heterocycles. The lowest BCUT2D eigenvalue weighted by Gasteiger charge is -2.03. The predicted molar refractivity (Wildman–Crippen MR) is 84.5 cm³/mol. The molecule has 0 unspecified atom stereocenters. The summed E-state index contributed by atoms with van der Waals surface area (Å²) in [5.41, 5.74) is 5.31. The third-order valence-corrected chi connectivity index (χ3v) is 3.31. The number of carbonyl (C=O) groups is 2. The monoisotopic (exact) mass is 385 g/mol. The van der Waals surface area contributed by atoms with Crippen LogP contribution >= 0.6 is 27.5 Å². The van der Waals surface area contributed by atoms with E-state index in [1.165, 1.54) is 30.4 Å². The lowest BCUT2D eigenvalue weighted by atomic mass is 10.2. The first kappa shape index (κ1) is 16.3. The molecule has 1 aromatic carbocycles. The van der Waals surface area contributed by atoms with Crippen molar-refractivity contribution in [3.63, 3.8) is 0 Å². The zero-order valence-electron chi connectivity index (χ0n) is 11.0. The highest BCUT2D eigenvalue weighted by Gasteiger charge is 2.07. The molecule has 0 aliphatic heterocycles. The van der Waals surface area contributed by atoms with Crippen LogP contribution in [-0.4, -0.2) is 16.8 Å². The number of nitrogens with one attached hydrogen (secondary N) is 3. The largest absolute Gasteiger partial charge is 0.356 e. The molecular weight excluding hydrogens is 377 g/mol. The molecule has 0 radical (unpaired) electrons. The summed E-state index contributed by atoms with van der Waals surface area (Å²) in [6, 6.07) is 5.62. The van der Waals surface area contributed by atoms with E-state index < -0.39 is 17.6 Å². The molecule has 8 heteroatoms. The van der Waals surface area contributed by atoms with E-state index in [1.54, 1.807) is 12.3 Å². The van der Waals surface area contributed by atoms with Crippen LogP contribution in [-0.2, 0) is 4.79 Å². The first-order valence-electron chi connectivity index (χ1n) is 6.03. The molecule has 0 fully saturated rings. The van der Waals surface area contributed by atoms with E-state index in [0.717, 1.165) is 4.47 Å². The summed E-state index contributed by atoms with van der Waals surface area (Å²) < 4.78 is 13.7. The van der Waals surface area contributed by atoms with Crippen LogP contribution in [0, 0.1) is 5.82 Å². The van der Waals surface area contributed by atoms with Crippen molar-refractivity contribution >= 4 is 45.4 Å². The molecule has 0 aliphatic carbocycles. The summed E-state index contributed by atoms with van der Waals surface area (Å²) in [6.07, 6.45) is 4.22. The molecule has 2 rings (SSSR count). The summed E-state index contributed by atoms with van der Waals surface area (Å²) >= 11 is 8.82. The zero-order chi connectivity index (χ0) is 16.1. The van der Waals surface area contributed by atoms with E-state index in [-0.39, 0.29) is 5.02 Å². The van der Waals surface area contributed by atoms with Crippen LogP contribution in [0.1, 0.15) is 16.1 Å². The topological polar surface area (TPSA) is 74.0 Å². The van der Waals surface area contributed by atoms with Gasteiger partial charge >= 0.3 is 0 Å². The Labute approximate surface area is 138 Å². The van der Waals surface area contributed by atoms with Crippen LogP contribution in [0.4, 0.5) is 4.39 Å². The number of aromatic nitrogens is 1. The maximum atomic E-state index is 13.0. The van der Waals surface area contributed by atoms with Crippen LogP contribution in [0.15, 0.2) is 41.0 Å². The summed E-state index contributed by atoms with van der Waals surface area (Å²) in [7, 11) is 0. The number of halogens is 3. The molecule has 3 N–H and O–H groups in total. The average molecular weight is 387 g/mol. The summed E-state index contributed by atoms with van der Waals surface area (Å²) in [6.45, 7) is 0. The predicted octanol–water partition coefficient (Wildman–Crippen LogP) is 3.04. The Balaban J connectivity index is 1.88. The van der Waals surface area contributed by atoms with E-state index in [4.69, 9.17) is 11.6 Å². The van der Waals surface area contributed by atoms with Gasteiger partial charge in [0.1, 0.15) is 11.5 Å². The number of H-pyrrole nitrogens is 1. The molecule has 0 aliphatic rings. The lowest BCUT2D eigenvalue weighted by Crippen LogP contribution is -2.40. The first-order valence-corrected chi connectivity index (χ1v) is 7.20. The van der Waals surface area contributed by atoms with Gasteiger partial charge < -0.3 is 4.98 Å². The van der Waals surface area contributed by atoms with Crippen molar-refractivity contribution in [2.24, 2.45) is 0 Å². The molecule has 114 valence electrons. The molecule has 0 bridgehead atoms. The number of hydrogen-bond donors (Lipinski definition) is 3. The number of carbonyl (C=O) groups excluding carboxylic acids is 2. The minimum absolute atomic E-state index is 0.0341. The third-order valence-electron chi connectivity index (χ3n) is 2.56. The van der Waals surface area contributed by atoms with Gasteiger partial charge in [-0.25, -0.2) is 4.39 Å². The van der Waals surface area contributed by atoms with Crippen molar-refractivity contribution in [2.75, 3.05) is 0 Å². The van der Waals surface area contributed by atoms with Crippen LogP contribution < -0.4 is 10.9 Å². The van der Waals surface area contributed by atoms with Crippen molar-refractivity contribution in [2.45, 2.75) is 0 Å². The highest BCUT2D eigenvalue weighted by Crippen LogP contribution is 2.16. The van der Waals surface area contributed by atoms with Gasteiger partial charge in [-0.2, -0.15) is 0 Å². The van der Waals surface area contributed by atoms with E-state index >= 15 is 0 Å². The Kier molecular flexibility index (Phi) is 5.35. The highest BCUT2D eigenvalue weighted by atomic mass is 79.9. The van der Waals surface area contributed by atoms with E-state index in [2.05, 4.69) is 31.8 Å². The maximum Gasteiger partial charge on any atom is 0.286 e. The van der Waals surface area contributed by atoms with Gasteiger partial charge in [0.25, 0.3) is 11.8 Å². The Morgan fingerprint density at radius 2 is 2.05 bits per heavy atom. The molecule has 22 heavy (non-hydrogen) atoms. The highest BCUT2D eigenvalue weighted by molar-refractivity contribution is 9.10. The Morgan fingerprint density at radius 1 is 1.27 bits per heavy atom. The fourth-order valence-corrected chi connectivity index (χ4v) is 2.05. The second-order valence-corrected chi connectivity index (χ2v) is 5.50. The van der Waals surface area contributed by atoms with Gasteiger partial charge in [0.05, 0.1) is 5.02 Å². The molecule has 5 nitrogen and oxygen atoms in total. The maximum absolute atomic E-state index is 13.0. The van der Waals surface area contributed by atoms with Gasteiger partial charge in [-0.15, -0.1) is 0 Å². The molecule has 1 aromatic heterocycles. The molecule has 0 atom stereocenters. The van der Waals surface area contributed by atoms with E-state index in [9.17, 15) is 14.0 Å². The van der Waals surface area contributed by atoms with Crippen LogP contribution in [0.2, 0.25) is 5.02 Å². The number of hydrogen-bond acceptors (Lipinski definition) is 2. The van der Waals surface area contributed by atoms with Crippen molar-refractivity contribution < 1.29 is 14.0 Å². The average Bonchev–Trinajstić information content (AvgIpc) is 2.92. The Bertz CT molecular complexity index is 745. The quantitative estimate of drug-likeness (QED) is 0.560. The van der Waals surface area contributed by atoms with Crippen molar-refractivity contribution in [3.05, 3.63) is 63.1 Å². The van der Waals surface area contributed by atoms with Gasteiger partial charge in [-0.1, -0.05) is 17.7 Å². The fraction of sp³-hybridized carbons (Fsp3) is 0. The van der Waals surface area contributed by atoms with Gasteiger partial charge in [-0.3, -0.25) is 20.4 Å². The number of rotatable bonds is 3. The third kappa shape index (κ3) is 4.44. The SMILES string of the molecule is O=C(/C=C/c1ccc(F)c(Cl)c1)NNC(=O)c1cc(Br)c[nH]1. The number of benzene rings is 1. The standard InChI is InChI=1S/C14H10BrClFN3O2/c15-9-6-12(18-7-9)14(22)20-19-13(21)4-2-8-1-3-11(17)10(16)5-8/h1-7,18H,(H,19,21)(H,20,22)/b4-2+. The molecule has 2 amide bonds. The molecule has 2 aromatic rings. The van der Waals surface area contributed by atoms with E-state index in [0.29, 0.717) is 11.3 Å². The van der Waals surface area contributed by atoms with E-state index in [1.807, 2.05) is 0 Å².